The molecule has 0 bridgehead atoms. The van der Waals surface area contributed by atoms with E-state index in [0.29, 0.717) is 13.1 Å². The number of amides is 2. The van der Waals surface area contributed by atoms with Crippen molar-refractivity contribution < 1.29 is 9.53 Å². The van der Waals surface area contributed by atoms with E-state index in [1.807, 2.05) is 38.1 Å². The molecule has 2 atom stereocenters. The van der Waals surface area contributed by atoms with Gasteiger partial charge in [-0.3, -0.25) is 0 Å². The van der Waals surface area contributed by atoms with Crippen molar-refractivity contribution in [2.75, 3.05) is 43.0 Å². The molecule has 0 aliphatic carbocycles. The van der Waals surface area contributed by atoms with Gasteiger partial charge >= 0.3 is 6.03 Å². The lowest BCUT2D eigenvalue weighted by Gasteiger charge is -2.33. The summed E-state index contributed by atoms with van der Waals surface area (Å²) in [6.45, 7) is 9.29. The molecule has 1 heterocycles. The zero-order valence-electron chi connectivity index (χ0n) is 14.7. The van der Waals surface area contributed by atoms with Gasteiger partial charge in [0, 0.05) is 37.6 Å². The van der Waals surface area contributed by atoms with Crippen LogP contribution in [0, 0.1) is 17.2 Å². The van der Waals surface area contributed by atoms with Crippen LogP contribution >= 0.6 is 0 Å². The number of nitriles is 1. The molecule has 0 unspecified atom stereocenters. The quantitative estimate of drug-likeness (QED) is 0.901. The van der Waals surface area contributed by atoms with Crippen molar-refractivity contribution in [1.82, 2.24) is 4.90 Å². The molecule has 24 heavy (non-hydrogen) atoms. The van der Waals surface area contributed by atoms with Crippen molar-refractivity contribution >= 4 is 17.4 Å². The molecular formula is C18H26N4O2. The smallest absolute Gasteiger partial charge is 0.321 e. The summed E-state index contributed by atoms with van der Waals surface area (Å²) in [7, 11) is 0. The number of nitrogens with one attached hydrogen (secondary N) is 1. The van der Waals surface area contributed by atoms with Crippen LogP contribution in [-0.4, -0.2) is 49.8 Å². The second kappa shape index (κ2) is 8.55. The van der Waals surface area contributed by atoms with Gasteiger partial charge in [0.15, 0.2) is 0 Å². The van der Waals surface area contributed by atoms with E-state index in [9.17, 15) is 4.79 Å². The standard InChI is InChI=1S/C18H26N4O2/c1-4-21(12-14(2)11-19)18(23)20-16-5-7-17(8-6-16)22-9-10-24-15(3)13-22/h5-8,14-15H,4,9-10,12-13H2,1-3H3,(H,20,23)/t14-,15-/m1/s1. The topological polar surface area (TPSA) is 68.6 Å². The molecule has 1 aromatic carbocycles. The Kier molecular flexibility index (Phi) is 6.44. The summed E-state index contributed by atoms with van der Waals surface area (Å²) in [4.78, 5) is 16.2. The highest BCUT2D eigenvalue weighted by Crippen LogP contribution is 2.20. The lowest BCUT2D eigenvalue weighted by atomic mass is 10.2. The summed E-state index contributed by atoms with van der Waals surface area (Å²) in [5, 5.41) is 11.8. The van der Waals surface area contributed by atoms with Gasteiger partial charge in [-0.15, -0.1) is 0 Å². The highest BCUT2D eigenvalue weighted by molar-refractivity contribution is 5.89. The summed E-state index contributed by atoms with van der Waals surface area (Å²) < 4.78 is 5.56. The third-order valence-corrected chi connectivity index (χ3v) is 4.11. The van der Waals surface area contributed by atoms with Crippen LogP contribution in [0.5, 0.6) is 0 Å². The average Bonchev–Trinajstić information content (AvgIpc) is 2.60. The minimum atomic E-state index is -0.179. The summed E-state index contributed by atoms with van der Waals surface area (Å²) in [5.74, 6) is -0.179. The maximum atomic E-state index is 12.3. The van der Waals surface area contributed by atoms with Gasteiger partial charge in [0.05, 0.1) is 24.7 Å². The van der Waals surface area contributed by atoms with Crippen LogP contribution in [-0.2, 0) is 4.74 Å². The van der Waals surface area contributed by atoms with E-state index in [1.165, 1.54) is 0 Å². The molecule has 6 nitrogen and oxygen atoms in total. The van der Waals surface area contributed by atoms with E-state index >= 15 is 0 Å². The lowest BCUT2D eigenvalue weighted by Crippen LogP contribution is -2.41. The molecule has 2 rings (SSSR count). The van der Waals surface area contributed by atoms with Gasteiger partial charge in [-0.1, -0.05) is 0 Å². The van der Waals surface area contributed by atoms with Gasteiger partial charge in [-0.2, -0.15) is 5.26 Å². The zero-order chi connectivity index (χ0) is 17.5. The number of benzene rings is 1. The Bertz CT molecular complexity index is 582. The number of hydrogen-bond donors (Lipinski definition) is 1. The molecule has 1 N–H and O–H groups in total. The first-order chi connectivity index (χ1) is 11.5. The molecule has 0 saturated carbocycles. The first-order valence-corrected chi connectivity index (χ1v) is 8.45. The van der Waals surface area contributed by atoms with Crippen LogP contribution in [0.2, 0.25) is 0 Å². The third-order valence-electron chi connectivity index (χ3n) is 4.11. The van der Waals surface area contributed by atoms with Gasteiger partial charge < -0.3 is 19.9 Å². The fourth-order valence-electron chi connectivity index (χ4n) is 2.74. The van der Waals surface area contributed by atoms with E-state index in [2.05, 4.69) is 23.2 Å². The molecule has 1 saturated heterocycles. The predicted octanol–water partition coefficient (Wildman–Crippen LogP) is 2.93. The van der Waals surface area contributed by atoms with E-state index in [-0.39, 0.29) is 18.1 Å². The molecule has 0 spiro atoms. The fourth-order valence-corrected chi connectivity index (χ4v) is 2.74. The Hall–Kier alpha value is -2.26. The first-order valence-electron chi connectivity index (χ1n) is 8.45. The van der Waals surface area contributed by atoms with Gasteiger partial charge in [0.1, 0.15) is 0 Å². The number of morpholine rings is 1. The SMILES string of the molecule is CCN(C[C@H](C)C#N)C(=O)Nc1ccc(N2CCO[C@H](C)C2)cc1. The molecule has 1 aliphatic rings. The van der Waals surface area contributed by atoms with Crippen LogP contribution in [0.3, 0.4) is 0 Å². The van der Waals surface area contributed by atoms with E-state index < -0.39 is 0 Å². The van der Waals surface area contributed by atoms with Crippen molar-refractivity contribution in [3.63, 3.8) is 0 Å². The average molecular weight is 330 g/mol. The molecule has 2 amide bonds. The number of anilines is 2. The van der Waals surface area contributed by atoms with Crippen LogP contribution in [0.15, 0.2) is 24.3 Å². The molecule has 0 aromatic heterocycles. The van der Waals surface area contributed by atoms with Gasteiger partial charge in [-0.25, -0.2) is 4.79 Å². The van der Waals surface area contributed by atoms with E-state index in [4.69, 9.17) is 10.00 Å². The van der Waals surface area contributed by atoms with Gasteiger partial charge in [-0.05, 0) is 45.0 Å². The molecule has 1 aromatic rings. The van der Waals surface area contributed by atoms with Crippen LogP contribution < -0.4 is 10.2 Å². The van der Waals surface area contributed by atoms with Gasteiger partial charge in [0.2, 0.25) is 0 Å². The normalized spacial score (nSPS) is 18.6. The Morgan fingerprint density at radius 3 is 2.79 bits per heavy atom. The Morgan fingerprint density at radius 2 is 2.21 bits per heavy atom. The highest BCUT2D eigenvalue weighted by atomic mass is 16.5. The van der Waals surface area contributed by atoms with Crippen molar-refractivity contribution in [3.05, 3.63) is 24.3 Å². The molecule has 0 radical (unpaired) electrons. The predicted molar refractivity (Wildman–Crippen MR) is 95.1 cm³/mol. The number of ether oxygens (including phenoxy) is 1. The van der Waals surface area contributed by atoms with Crippen LogP contribution in [0.25, 0.3) is 0 Å². The molecular weight excluding hydrogens is 304 g/mol. The number of rotatable bonds is 5. The highest BCUT2D eigenvalue weighted by Gasteiger charge is 2.18. The number of urea groups is 1. The van der Waals surface area contributed by atoms with Crippen molar-refractivity contribution in [2.45, 2.75) is 26.9 Å². The molecule has 130 valence electrons. The monoisotopic (exact) mass is 330 g/mol. The molecule has 6 heteroatoms. The second-order valence-corrected chi connectivity index (χ2v) is 6.17. The Balaban J connectivity index is 1.95. The largest absolute Gasteiger partial charge is 0.375 e. The van der Waals surface area contributed by atoms with Crippen molar-refractivity contribution in [2.24, 2.45) is 5.92 Å². The third kappa shape index (κ3) is 4.87. The number of carbonyl (C=O) groups excluding carboxylic acids is 1. The fraction of sp³-hybridized carbons (Fsp3) is 0.556. The van der Waals surface area contributed by atoms with Crippen molar-refractivity contribution in [1.29, 1.82) is 5.26 Å². The first kappa shape index (κ1) is 18.1. The van der Waals surface area contributed by atoms with E-state index in [1.54, 1.807) is 4.90 Å². The second-order valence-electron chi connectivity index (χ2n) is 6.17. The molecule has 1 fully saturated rings. The van der Waals surface area contributed by atoms with Crippen molar-refractivity contribution in [3.8, 4) is 6.07 Å². The van der Waals surface area contributed by atoms with Crippen LogP contribution in [0.1, 0.15) is 20.8 Å². The Labute approximate surface area is 144 Å². The van der Waals surface area contributed by atoms with E-state index in [0.717, 1.165) is 31.1 Å². The number of nitrogens with zero attached hydrogens (tertiary/aromatic N) is 3. The maximum absolute atomic E-state index is 12.3. The summed E-state index contributed by atoms with van der Waals surface area (Å²) in [5.41, 5.74) is 1.89. The minimum absolute atomic E-state index is 0.174. The van der Waals surface area contributed by atoms with Crippen LogP contribution in [0.4, 0.5) is 16.2 Å². The summed E-state index contributed by atoms with van der Waals surface area (Å²) >= 11 is 0. The summed E-state index contributed by atoms with van der Waals surface area (Å²) in [6, 6.07) is 9.84. The minimum Gasteiger partial charge on any atom is -0.375 e. The Morgan fingerprint density at radius 1 is 1.50 bits per heavy atom. The lowest BCUT2D eigenvalue weighted by molar-refractivity contribution is 0.0532. The number of hydrogen-bond acceptors (Lipinski definition) is 4. The molecule has 1 aliphatic heterocycles. The number of carbonyl (C=O) groups is 1. The van der Waals surface area contributed by atoms with Gasteiger partial charge in [0.25, 0.3) is 0 Å². The summed E-state index contributed by atoms with van der Waals surface area (Å²) in [6.07, 6.45) is 0.235. The zero-order valence-corrected chi connectivity index (χ0v) is 14.7. The maximum Gasteiger partial charge on any atom is 0.321 e.